The highest BCUT2D eigenvalue weighted by Crippen LogP contribution is 2.38. The van der Waals surface area contributed by atoms with Gasteiger partial charge < -0.3 is 0 Å². The summed E-state index contributed by atoms with van der Waals surface area (Å²) in [5, 5.41) is 13.8. The van der Waals surface area contributed by atoms with Crippen LogP contribution >= 0.6 is 27.3 Å². The summed E-state index contributed by atoms with van der Waals surface area (Å²) in [6.45, 7) is 0. The lowest BCUT2D eigenvalue weighted by Crippen LogP contribution is -1.91. The van der Waals surface area contributed by atoms with E-state index < -0.39 is 0 Å². The smallest absolute Gasteiger partial charge is 0.258 e. The largest absolute Gasteiger partial charge is 0.278 e. The molecule has 112 valence electrons. The lowest BCUT2D eigenvalue weighted by Gasteiger charge is -2.04. The van der Waals surface area contributed by atoms with Gasteiger partial charge >= 0.3 is 0 Å². The third-order valence-electron chi connectivity index (χ3n) is 3.85. The molecule has 0 spiro atoms. The highest BCUT2D eigenvalue weighted by Gasteiger charge is 2.16. The highest BCUT2D eigenvalue weighted by molar-refractivity contribution is 9.10. The summed E-state index contributed by atoms with van der Waals surface area (Å²) in [5.41, 5.74) is 1.61. The van der Waals surface area contributed by atoms with Crippen molar-refractivity contribution in [3.63, 3.8) is 0 Å². The predicted molar refractivity (Wildman–Crippen MR) is 99.1 cm³/mol. The van der Waals surface area contributed by atoms with E-state index in [0.717, 1.165) is 10.3 Å². The maximum absolute atomic E-state index is 11.3. The van der Waals surface area contributed by atoms with E-state index in [1.165, 1.54) is 15.5 Å². The molecule has 0 saturated heterocycles. The second kappa shape index (κ2) is 5.44. The normalized spacial score (nSPS) is 11.2. The first kappa shape index (κ1) is 14.4. The van der Waals surface area contributed by atoms with Crippen LogP contribution in [0, 0.1) is 10.1 Å². The summed E-state index contributed by atoms with van der Waals surface area (Å²) in [6, 6.07) is 19.5. The van der Waals surface area contributed by atoms with E-state index in [4.69, 9.17) is 0 Å². The van der Waals surface area contributed by atoms with E-state index in [1.54, 1.807) is 23.5 Å². The molecule has 0 radical (unpaired) electrons. The second-order valence-electron chi connectivity index (χ2n) is 5.23. The van der Waals surface area contributed by atoms with Crippen molar-refractivity contribution in [3.8, 4) is 11.1 Å². The standard InChI is InChI=1S/C18H10BrNO2S/c19-12-6-8-13(16(10-12)20(21)22)11-5-7-15-14-3-1-2-4-17(14)23-18(15)9-11/h1-10H. The molecule has 1 heterocycles. The molecule has 0 aliphatic carbocycles. The molecule has 0 bridgehead atoms. The minimum absolute atomic E-state index is 0.111. The Balaban J connectivity index is 1.96. The Morgan fingerprint density at radius 2 is 1.70 bits per heavy atom. The van der Waals surface area contributed by atoms with Gasteiger partial charge in [0.15, 0.2) is 0 Å². The van der Waals surface area contributed by atoms with Crippen LogP contribution in [0.5, 0.6) is 0 Å². The Labute approximate surface area is 144 Å². The number of nitro groups is 1. The van der Waals surface area contributed by atoms with Gasteiger partial charge in [-0.2, -0.15) is 0 Å². The number of benzene rings is 3. The number of nitro benzene ring substituents is 1. The number of hydrogen-bond acceptors (Lipinski definition) is 3. The fourth-order valence-corrected chi connectivity index (χ4v) is 4.29. The maximum atomic E-state index is 11.3. The number of thiophene rings is 1. The van der Waals surface area contributed by atoms with E-state index in [2.05, 4.69) is 34.1 Å². The van der Waals surface area contributed by atoms with Gasteiger partial charge in [-0.05, 0) is 29.8 Å². The summed E-state index contributed by atoms with van der Waals surface area (Å²) < 4.78 is 3.07. The molecular formula is C18H10BrNO2S. The predicted octanol–water partition coefficient (Wildman–Crippen LogP) is 6.39. The summed E-state index contributed by atoms with van der Waals surface area (Å²) in [6.07, 6.45) is 0. The van der Waals surface area contributed by atoms with Crippen molar-refractivity contribution in [2.75, 3.05) is 0 Å². The Morgan fingerprint density at radius 3 is 2.52 bits per heavy atom. The van der Waals surface area contributed by atoms with Crippen molar-refractivity contribution >= 4 is 53.1 Å². The van der Waals surface area contributed by atoms with E-state index in [-0.39, 0.29) is 10.6 Å². The fraction of sp³-hybridized carbons (Fsp3) is 0. The summed E-state index contributed by atoms with van der Waals surface area (Å²) in [7, 11) is 0. The SMILES string of the molecule is O=[N+]([O-])c1cc(Br)ccc1-c1ccc2c(c1)sc1ccccc12. The van der Waals surface area contributed by atoms with E-state index >= 15 is 0 Å². The minimum atomic E-state index is -0.338. The molecule has 3 aromatic carbocycles. The first-order chi connectivity index (χ1) is 11.1. The Bertz CT molecular complexity index is 1070. The van der Waals surface area contributed by atoms with Crippen molar-refractivity contribution in [2.24, 2.45) is 0 Å². The van der Waals surface area contributed by atoms with E-state index in [1.807, 2.05) is 30.3 Å². The molecule has 5 heteroatoms. The van der Waals surface area contributed by atoms with Crippen LogP contribution in [0.3, 0.4) is 0 Å². The van der Waals surface area contributed by atoms with Crippen LogP contribution < -0.4 is 0 Å². The number of rotatable bonds is 2. The molecular weight excluding hydrogens is 374 g/mol. The van der Waals surface area contributed by atoms with Crippen LogP contribution in [0.4, 0.5) is 5.69 Å². The van der Waals surface area contributed by atoms with Crippen molar-refractivity contribution < 1.29 is 4.92 Å². The Hall–Kier alpha value is -2.24. The van der Waals surface area contributed by atoms with Gasteiger partial charge in [0, 0.05) is 30.7 Å². The molecule has 0 aliphatic heterocycles. The quantitative estimate of drug-likeness (QED) is 0.297. The van der Waals surface area contributed by atoms with E-state index in [9.17, 15) is 10.1 Å². The van der Waals surface area contributed by atoms with Gasteiger partial charge in [0.05, 0.1) is 10.5 Å². The maximum Gasteiger partial charge on any atom is 0.278 e. The molecule has 0 unspecified atom stereocenters. The molecule has 0 aliphatic rings. The second-order valence-corrected chi connectivity index (χ2v) is 7.23. The zero-order chi connectivity index (χ0) is 16.0. The molecule has 0 fully saturated rings. The highest BCUT2D eigenvalue weighted by atomic mass is 79.9. The zero-order valence-electron chi connectivity index (χ0n) is 11.8. The van der Waals surface area contributed by atoms with Gasteiger partial charge in [-0.25, -0.2) is 0 Å². The average molecular weight is 384 g/mol. The number of halogens is 1. The van der Waals surface area contributed by atoms with Crippen LogP contribution in [-0.2, 0) is 0 Å². The summed E-state index contributed by atoms with van der Waals surface area (Å²) in [4.78, 5) is 11.0. The van der Waals surface area contributed by atoms with Crippen LogP contribution in [-0.4, -0.2) is 4.92 Å². The third kappa shape index (κ3) is 2.42. The Morgan fingerprint density at radius 1 is 0.913 bits per heavy atom. The van der Waals surface area contributed by atoms with Crippen molar-refractivity contribution in [2.45, 2.75) is 0 Å². The van der Waals surface area contributed by atoms with Gasteiger partial charge in [0.2, 0.25) is 0 Å². The van der Waals surface area contributed by atoms with Gasteiger partial charge in [0.1, 0.15) is 0 Å². The van der Waals surface area contributed by atoms with Gasteiger partial charge in [-0.3, -0.25) is 10.1 Å². The first-order valence-corrected chi connectivity index (χ1v) is 8.60. The van der Waals surface area contributed by atoms with E-state index in [0.29, 0.717) is 10.0 Å². The molecule has 0 atom stereocenters. The number of hydrogen-bond donors (Lipinski definition) is 0. The summed E-state index contributed by atoms with van der Waals surface area (Å²) in [5.74, 6) is 0. The molecule has 0 amide bonds. The molecule has 1 aromatic heterocycles. The molecule has 3 nitrogen and oxygen atoms in total. The molecule has 0 N–H and O–H groups in total. The lowest BCUT2D eigenvalue weighted by atomic mass is 10.0. The van der Waals surface area contributed by atoms with Gasteiger partial charge in [-0.1, -0.05) is 46.3 Å². The van der Waals surface area contributed by atoms with Crippen molar-refractivity contribution in [1.29, 1.82) is 0 Å². The molecule has 23 heavy (non-hydrogen) atoms. The molecule has 4 rings (SSSR count). The first-order valence-electron chi connectivity index (χ1n) is 6.99. The number of fused-ring (bicyclic) bond motifs is 3. The molecule has 0 saturated carbocycles. The fourth-order valence-electron chi connectivity index (χ4n) is 2.79. The zero-order valence-corrected chi connectivity index (χ0v) is 14.2. The molecule has 4 aromatic rings. The van der Waals surface area contributed by atoms with Crippen LogP contribution in [0.25, 0.3) is 31.3 Å². The van der Waals surface area contributed by atoms with Crippen LogP contribution in [0.2, 0.25) is 0 Å². The van der Waals surface area contributed by atoms with Crippen molar-refractivity contribution in [3.05, 3.63) is 75.3 Å². The van der Waals surface area contributed by atoms with Gasteiger partial charge in [-0.15, -0.1) is 11.3 Å². The monoisotopic (exact) mass is 383 g/mol. The third-order valence-corrected chi connectivity index (χ3v) is 5.47. The number of nitrogens with zero attached hydrogens (tertiary/aromatic N) is 1. The minimum Gasteiger partial charge on any atom is -0.258 e. The lowest BCUT2D eigenvalue weighted by molar-refractivity contribution is -0.384. The Kier molecular flexibility index (Phi) is 3.39. The average Bonchev–Trinajstić information content (AvgIpc) is 2.92. The van der Waals surface area contributed by atoms with Gasteiger partial charge in [0.25, 0.3) is 5.69 Å². The topological polar surface area (TPSA) is 43.1 Å². The summed E-state index contributed by atoms with van der Waals surface area (Å²) >= 11 is 5.01. The van der Waals surface area contributed by atoms with Crippen molar-refractivity contribution in [1.82, 2.24) is 0 Å². The van der Waals surface area contributed by atoms with Crippen LogP contribution in [0.1, 0.15) is 0 Å². The van der Waals surface area contributed by atoms with Crippen LogP contribution in [0.15, 0.2) is 65.1 Å².